The lowest BCUT2D eigenvalue weighted by molar-refractivity contribution is 0.585. The van der Waals surface area contributed by atoms with Gasteiger partial charge in [0.2, 0.25) is 0 Å². The number of nitrogens with zero attached hydrogens (tertiary/aromatic N) is 2. The van der Waals surface area contributed by atoms with Gasteiger partial charge in [0, 0.05) is 26.0 Å². The van der Waals surface area contributed by atoms with Crippen LogP contribution in [0.4, 0.5) is 0 Å². The Morgan fingerprint density at radius 2 is 2.12 bits per heavy atom. The first-order valence-electron chi connectivity index (χ1n) is 5.71. The van der Waals surface area contributed by atoms with Crippen LogP contribution in [-0.4, -0.2) is 36.7 Å². The maximum Gasteiger partial charge on any atom is 0.199 e. The number of hydrogen-bond donors (Lipinski definition) is 4. The quantitative estimate of drug-likeness (QED) is 0.596. The molecule has 0 radical (unpaired) electrons. The first-order valence-corrected chi connectivity index (χ1v) is 5.71. The second-order valence-electron chi connectivity index (χ2n) is 3.91. The molecule has 0 aliphatic carbocycles. The Bertz CT molecular complexity index is 406. The molecule has 1 aromatic heterocycles. The molecule has 0 bridgehead atoms. The summed E-state index contributed by atoms with van der Waals surface area (Å²) < 4.78 is 0. The van der Waals surface area contributed by atoms with Gasteiger partial charge in [0.25, 0.3) is 0 Å². The van der Waals surface area contributed by atoms with E-state index < -0.39 is 0 Å². The summed E-state index contributed by atoms with van der Waals surface area (Å²) >= 11 is 0. The van der Waals surface area contributed by atoms with Gasteiger partial charge in [0.05, 0.1) is 6.17 Å². The number of aromatic amines is 1. The van der Waals surface area contributed by atoms with Gasteiger partial charge in [-0.05, 0) is 25.0 Å². The predicted molar refractivity (Wildman–Crippen MR) is 69.0 cm³/mol. The standard InChI is InChI=1S/C11H18N6/c1-8-15-10(12-2)17-11(16-8)14-6-4-9-3-5-13-7-9/h3,5,7-8,13H,4,6H2,1-2H3,(H3,12,14,15,16,17). The summed E-state index contributed by atoms with van der Waals surface area (Å²) in [6.45, 7) is 2.77. The fourth-order valence-electron chi connectivity index (χ4n) is 1.65. The smallest absolute Gasteiger partial charge is 0.199 e. The first-order chi connectivity index (χ1) is 8.28. The topological polar surface area (TPSA) is 76.6 Å². The normalized spacial score (nSPS) is 24.2. The summed E-state index contributed by atoms with van der Waals surface area (Å²) in [5.74, 6) is 1.52. The molecule has 1 fully saturated rings. The number of H-pyrrole nitrogens is 1. The van der Waals surface area contributed by atoms with Crippen molar-refractivity contribution in [3.8, 4) is 0 Å². The van der Waals surface area contributed by atoms with E-state index in [0.717, 1.165) is 24.9 Å². The highest BCUT2D eigenvalue weighted by molar-refractivity contribution is 6.00. The Morgan fingerprint density at radius 3 is 2.82 bits per heavy atom. The number of nitrogens with one attached hydrogen (secondary N) is 4. The molecule has 92 valence electrons. The summed E-state index contributed by atoms with van der Waals surface area (Å²) in [5, 5.41) is 9.43. The molecular formula is C11H18N6. The molecule has 0 amide bonds. The van der Waals surface area contributed by atoms with Crippen molar-refractivity contribution in [2.45, 2.75) is 19.5 Å². The molecule has 2 rings (SSSR count). The van der Waals surface area contributed by atoms with E-state index in [1.807, 2.05) is 19.3 Å². The van der Waals surface area contributed by atoms with Crippen LogP contribution in [0.2, 0.25) is 0 Å². The molecule has 0 aromatic carbocycles. The van der Waals surface area contributed by atoms with E-state index in [1.54, 1.807) is 7.05 Å². The zero-order valence-electron chi connectivity index (χ0n) is 10.1. The molecule has 6 nitrogen and oxygen atoms in total. The Kier molecular flexibility index (Phi) is 3.64. The Labute approximate surface area is 101 Å². The molecule has 1 aliphatic rings. The van der Waals surface area contributed by atoms with Crippen LogP contribution in [-0.2, 0) is 6.42 Å². The van der Waals surface area contributed by atoms with Crippen LogP contribution in [0.3, 0.4) is 0 Å². The molecule has 0 saturated carbocycles. The minimum Gasteiger partial charge on any atom is -0.367 e. The lowest BCUT2D eigenvalue weighted by Gasteiger charge is -2.27. The van der Waals surface area contributed by atoms with Crippen molar-refractivity contribution < 1.29 is 0 Å². The first kappa shape index (κ1) is 11.5. The molecule has 4 N–H and O–H groups in total. The van der Waals surface area contributed by atoms with E-state index >= 15 is 0 Å². The van der Waals surface area contributed by atoms with Crippen LogP contribution in [0.5, 0.6) is 0 Å². The maximum atomic E-state index is 4.47. The zero-order valence-corrected chi connectivity index (χ0v) is 10.1. The maximum absolute atomic E-state index is 4.47. The van der Waals surface area contributed by atoms with Crippen molar-refractivity contribution in [3.63, 3.8) is 0 Å². The summed E-state index contributed by atoms with van der Waals surface area (Å²) in [4.78, 5) is 11.6. The van der Waals surface area contributed by atoms with Gasteiger partial charge >= 0.3 is 0 Å². The van der Waals surface area contributed by atoms with Crippen molar-refractivity contribution in [2.75, 3.05) is 13.6 Å². The fourth-order valence-corrected chi connectivity index (χ4v) is 1.65. The molecule has 6 heteroatoms. The third-order valence-electron chi connectivity index (χ3n) is 2.50. The van der Waals surface area contributed by atoms with Crippen molar-refractivity contribution in [1.29, 1.82) is 0 Å². The third-order valence-corrected chi connectivity index (χ3v) is 2.50. The van der Waals surface area contributed by atoms with E-state index in [1.165, 1.54) is 5.56 Å². The summed E-state index contributed by atoms with van der Waals surface area (Å²) in [6.07, 6.45) is 4.98. The van der Waals surface area contributed by atoms with Gasteiger partial charge in [-0.15, -0.1) is 0 Å². The molecule has 1 aliphatic heterocycles. The number of aliphatic imine (C=N–C) groups is 2. The summed E-state index contributed by atoms with van der Waals surface area (Å²) in [7, 11) is 1.74. The fraction of sp³-hybridized carbons (Fsp3) is 0.455. The van der Waals surface area contributed by atoms with Crippen LogP contribution in [0.1, 0.15) is 12.5 Å². The van der Waals surface area contributed by atoms with E-state index in [0.29, 0.717) is 0 Å². The molecule has 1 unspecified atom stereocenters. The number of guanidine groups is 2. The van der Waals surface area contributed by atoms with Gasteiger partial charge in [-0.1, -0.05) is 0 Å². The largest absolute Gasteiger partial charge is 0.367 e. The van der Waals surface area contributed by atoms with Gasteiger partial charge in [0.15, 0.2) is 11.9 Å². The van der Waals surface area contributed by atoms with E-state index in [-0.39, 0.29) is 6.17 Å². The van der Waals surface area contributed by atoms with E-state index in [9.17, 15) is 0 Å². The molecular weight excluding hydrogens is 216 g/mol. The molecule has 17 heavy (non-hydrogen) atoms. The summed E-state index contributed by atoms with van der Waals surface area (Å²) in [6, 6.07) is 2.06. The monoisotopic (exact) mass is 234 g/mol. The van der Waals surface area contributed by atoms with Gasteiger partial charge in [-0.2, -0.15) is 0 Å². The molecule has 1 saturated heterocycles. The Balaban J connectivity index is 1.88. The molecule has 1 aromatic rings. The average molecular weight is 234 g/mol. The van der Waals surface area contributed by atoms with Gasteiger partial charge < -0.3 is 15.6 Å². The Morgan fingerprint density at radius 1 is 1.29 bits per heavy atom. The van der Waals surface area contributed by atoms with Gasteiger partial charge in [-0.25, -0.2) is 0 Å². The van der Waals surface area contributed by atoms with Crippen LogP contribution in [0.25, 0.3) is 0 Å². The predicted octanol–water partition coefficient (Wildman–Crippen LogP) is 0.0274. The second-order valence-corrected chi connectivity index (χ2v) is 3.91. The number of hydrogen-bond acceptors (Lipinski definition) is 2. The minimum absolute atomic E-state index is 0.140. The van der Waals surface area contributed by atoms with Crippen LogP contribution in [0, 0.1) is 0 Å². The van der Waals surface area contributed by atoms with Crippen LogP contribution < -0.4 is 16.0 Å². The van der Waals surface area contributed by atoms with Gasteiger partial charge in [-0.3, -0.25) is 15.3 Å². The highest BCUT2D eigenvalue weighted by atomic mass is 15.4. The number of aromatic nitrogens is 1. The second kappa shape index (κ2) is 5.38. The van der Waals surface area contributed by atoms with E-state index in [2.05, 4.69) is 37.0 Å². The summed E-state index contributed by atoms with van der Waals surface area (Å²) in [5.41, 5.74) is 1.26. The molecule has 1 atom stereocenters. The molecule has 0 spiro atoms. The lowest BCUT2D eigenvalue weighted by Crippen LogP contribution is -2.61. The van der Waals surface area contributed by atoms with Crippen molar-refractivity contribution in [1.82, 2.24) is 20.9 Å². The van der Waals surface area contributed by atoms with Crippen LogP contribution >= 0.6 is 0 Å². The third kappa shape index (κ3) is 3.24. The van der Waals surface area contributed by atoms with Crippen molar-refractivity contribution in [2.24, 2.45) is 9.98 Å². The van der Waals surface area contributed by atoms with Crippen molar-refractivity contribution in [3.05, 3.63) is 24.0 Å². The van der Waals surface area contributed by atoms with Gasteiger partial charge in [0.1, 0.15) is 0 Å². The number of rotatable bonds is 3. The molecule has 2 heterocycles. The Hall–Kier alpha value is -1.98. The average Bonchev–Trinajstić information content (AvgIpc) is 2.81. The minimum atomic E-state index is 0.140. The highest BCUT2D eigenvalue weighted by Crippen LogP contribution is 1.97. The lowest BCUT2D eigenvalue weighted by atomic mass is 10.2. The van der Waals surface area contributed by atoms with E-state index in [4.69, 9.17) is 0 Å². The SMILES string of the molecule is CN=C1NC(=NCCc2cc[nH]c2)NC(C)N1. The van der Waals surface area contributed by atoms with Crippen LogP contribution in [0.15, 0.2) is 28.4 Å². The zero-order chi connectivity index (χ0) is 12.1. The highest BCUT2D eigenvalue weighted by Gasteiger charge is 2.14. The van der Waals surface area contributed by atoms with Crippen molar-refractivity contribution >= 4 is 11.9 Å².